The number of amides is 2. The summed E-state index contributed by atoms with van der Waals surface area (Å²) in [4.78, 5) is 16.1. The smallest absolute Gasteiger partial charge is 0.315 e. The van der Waals surface area contributed by atoms with Crippen molar-refractivity contribution in [1.29, 1.82) is 0 Å². The van der Waals surface area contributed by atoms with Crippen LogP contribution in [-0.4, -0.2) is 24.7 Å². The van der Waals surface area contributed by atoms with Crippen LogP contribution in [0.15, 0.2) is 29.8 Å². The quantitative estimate of drug-likeness (QED) is 0.815. The van der Waals surface area contributed by atoms with E-state index >= 15 is 0 Å². The molecule has 0 fully saturated rings. The van der Waals surface area contributed by atoms with Gasteiger partial charge in [-0.15, -0.1) is 11.3 Å². The minimum Gasteiger partial charge on any atom is -0.493 e. The fourth-order valence-corrected chi connectivity index (χ4v) is 2.68. The first kappa shape index (κ1) is 17.1. The van der Waals surface area contributed by atoms with Crippen LogP contribution in [-0.2, 0) is 6.54 Å². The third-order valence-corrected chi connectivity index (χ3v) is 4.11. The SMILES string of the molecule is CCOc1ccc(CNC(=O)N[C@@H](C)c2nccs2)cc1OC. The lowest BCUT2D eigenvalue weighted by Crippen LogP contribution is -2.36. The van der Waals surface area contributed by atoms with E-state index in [1.807, 2.05) is 37.4 Å². The number of rotatable bonds is 7. The topological polar surface area (TPSA) is 72.5 Å². The van der Waals surface area contributed by atoms with Gasteiger partial charge in [0.25, 0.3) is 0 Å². The van der Waals surface area contributed by atoms with E-state index in [9.17, 15) is 4.79 Å². The molecule has 1 aromatic heterocycles. The summed E-state index contributed by atoms with van der Waals surface area (Å²) < 4.78 is 10.8. The fraction of sp³-hybridized carbons (Fsp3) is 0.375. The molecule has 0 aliphatic rings. The highest BCUT2D eigenvalue weighted by Crippen LogP contribution is 2.27. The molecule has 1 atom stereocenters. The summed E-state index contributed by atoms with van der Waals surface area (Å²) in [5, 5.41) is 8.44. The van der Waals surface area contributed by atoms with E-state index in [0.717, 1.165) is 10.6 Å². The normalized spacial score (nSPS) is 11.6. The monoisotopic (exact) mass is 335 g/mol. The van der Waals surface area contributed by atoms with E-state index in [0.29, 0.717) is 24.7 Å². The van der Waals surface area contributed by atoms with Crippen LogP contribution < -0.4 is 20.1 Å². The number of ether oxygens (including phenoxy) is 2. The van der Waals surface area contributed by atoms with Crippen LogP contribution in [0, 0.1) is 0 Å². The van der Waals surface area contributed by atoms with E-state index in [4.69, 9.17) is 9.47 Å². The second-order valence-corrected chi connectivity index (χ2v) is 5.76. The molecule has 0 spiro atoms. The van der Waals surface area contributed by atoms with Crippen LogP contribution in [0.3, 0.4) is 0 Å². The highest BCUT2D eigenvalue weighted by molar-refractivity contribution is 7.09. The molecule has 1 heterocycles. The summed E-state index contributed by atoms with van der Waals surface area (Å²) in [6.45, 7) is 4.80. The van der Waals surface area contributed by atoms with E-state index in [2.05, 4.69) is 15.6 Å². The number of aromatic nitrogens is 1. The van der Waals surface area contributed by atoms with E-state index in [1.54, 1.807) is 13.3 Å². The molecule has 0 bridgehead atoms. The van der Waals surface area contributed by atoms with Gasteiger partial charge in [0.15, 0.2) is 11.5 Å². The Bertz CT molecular complexity index is 632. The number of carbonyl (C=O) groups is 1. The Kier molecular flexibility index (Phi) is 6.22. The van der Waals surface area contributed by atoms with Crippen molar-refractivity contribution in [3.05, 3.63) is 40.3 Å². The van der Waals surface area contributed by atoms with Gasteiger partial charge in [-0.05, 0) is 31.5 Å². The van der Waals surface area contributed by atoms with Crippen molar-refractivity contribution >= 4 is 17.4 Å². The zero-order valence-electron chi connectivity index (χ0n) is 13.5. The number of benzene rings is 1. The minimum atomic E-state index is -0.236. The molecule has 0 saturated heterocycles. The molecule has 0 aliphatic carbocycles. The molecule has 0 aliphatic heterocycles. The second kappa shape index (κ2) is 8.38. The maximum Gasteiger partial charge on any atom is 0.315 e. The van der Waals surface area contributed by atoms with E-state index in [-0.39, 0.29) is 12.1 Å². The van der Waals surface area contributed by atoms with Gasteiger partial charge in [-0.25, -0.2) is 9.78 Å². The van der Waals surface area contributed by atoms with Crippen molar-refractivity contribution in [3.8, 4) is 11.5 Å². The van der Waals surface area contributed by atoms with Gasteiger partial charge in [0.05, 0.1) is 19.8 Å². The summed E-state index contributed by atoms with van der Waals surface area (Å²) >= 11 is 1.51. The molecule has 1 aromatic carbocycles. The molecule has 7 heteroatoms. The lowest BCUT2D eigenvalue weighted by molar-refractivity contribution is 0.237. The molecular weight excluding hydrogens is 314 g/mol. The Balaban J connectivity index is 1.88. The third kappa shape index (κ3) is 4.85. The predicted molar refractivity (Wildman–Crippen MR) is 90.1 cm³/mol. The summed E-state index contributed by atoms with van der Waals surface area (Å²) in [5.74, 6) is 1.35. The maximum absolute atomic E-state index is 11.9. The van der Waals surface area contributed by atoms with Crippen LogP contribution in [0.1, 0.15) is 30.5 Å². The van der Waals surface area contributed by atoms with Crippen LogP contribution >= 0.6 is 11.3 Å². The minimum absolute atomic E-state index is 0.120. The maximum atomic E-state index is 11.9. The van der Waals surface area contributed by atoms with Gasteiger partial charge < -0.3 is 20.1 Å². The van der Waals surface area contributed by atoms with Gasteiger partial charge in [-0.1, -0.05) is 6.07 Å². The number of thiazole rings is 1. The number of nitrogens with zero attached hydrogens (tertiary/aromatic N) is 1. The first-order valence-corrected chi connectivity index (χ1v) is 8.25. The molecule has 0 unspecified atom stereocenters. The molecular formula is C16H21N3O3S. The largest absolute Gasteiger partial charge is 0.493 e. The number of urea groups is 1. The molecule has 2 aromatic rings. The average molecular weight is 335 g/mol. The van der Waals surface area contributed by atoms with Crippen LogP contribution in [0.5, 0.6) is 11.5 Å². The lowest BCUT2D eigenvalue weighted by atomic mass is 10.2. The number of hydrogen-bond donors (Lipinski definition) is 2. The average Bonchev–Trinajstić information content (AvgIpc) is 3.08. The number of nitrogens with one attached hydrogen (secondary N) is 2. The standard InChI is InChI=1S/C16H21N3O3S/c1-4-22-13-6-5-12(9-14(13)21-3)10-18-16(20)19-11(2)15-17-7-8-23-15/h5-9,11H,4,10H2,1-3H3,(H2,18,19,20)/t11-/m0/s1. The number of methoxy groups -OCH3 is 1. The molecule has 2 rings (SSSR count). The van der Waals surface area contributed by atoms with Crippen molar-refractivity contribution < 1.29 is 14.3 Å². The summed E-state index contributed by atoms with van der Waals surface area (Å²) in [5.41, 5.74) is 0.933. The molecule has 6 nitrogen and oxygen atoms in total. The van der Waals surface area contributed by atoms with Crippen LogP contribution in [0.25, 0.3) is 0 Å². The van der Waals surface area contributed by atoms with Gasteiger partial charge in [0.2, 0.25) is 0 Å². The molecule has 124 valence electrons. The summed E-state index contributed by atoms with van der Waals surface area (Å²) in [7, 11) is 1.59. The molecule has 23 heavy (non-hydrogen) atoms. The summed E-state index contributed by atoms with van der Waals surface area (Å²) in [6, 6.07) is 5.24. The zero-order valence-corrected chi connectivity index (χ0v) is 14.3. The number of hydrogen-bond acceptors (Lipinski definition) is 5. The zero-order chi connectivity index (χ0) is 16.7. The molecule has 2 amide bonds. The Hall–Kier alpha value is -2.28. The molecule has 2 N–H and O–H groups in total. The van der Waals surface area contributed by atoms with Gasteiger partial charge >= 0.3 is 6.03 Å². The van der Waals surface area contributed by atoms with E-state index in [1.165, 1.54) is 11.3 Å². The molecule has 0 saturated carbocycles. The van der Waals surface area contributed by atoms with Crippen LogP contribution in [0.4, 0.5) is 4.79 Å². The van der Waals surface area contributed by atoms with Gasteiger partial charge in [0.1, 0.15) is 5.01 Å². The Morgan fingerprint density at radius 3 is 2.87 bits per heavy atom. The van der Waals surface area contributed by atoms with Crippen molar-refractivity contribution in [1.82, 2.24) is 15.6 Å². The predicted octanol–water partition coefficient (Wildman–Crippen LogP) is 3.11. The van der Waals surface area contributed by atoms with Crippen LogP contribution in [0.2, 0.25) is 0 Å². The summed E-state index contributed by atoms with van der Waals surface area (Å²) in [6.07, 6.45) is 1.72. The Morgan fingerprint density at radius 2 is 2.22 bits per heavy atom. The van der Waals surface area contributed by atoms with E-state index < -0.39 is 0 Å². The third-order valence-electron chi connectivity index (χ3n) is 3.15. The first-order valence-electron chi connectivity index (χ1n) is 7.37. The highest BCUT2D eigenvalue weighted by atomic mass is 32.1. The first-order chi connectivity index (χ1) is 11.1. The van der Waals surface area contributed by atoms with Gasteiger partial charge in [-0.2, -0.15) is 0 Å². The van der Waals surface area contributed by atoms with Crippen molar-refractivity contribution in [3.63, 3.8) is 0 Å². The van der Waals surface area contributed by atoms with Crippen molar-refractivity contribution in [2.45, 2.75) is 26.4 Å². The van der Waals surface area contributed by atoms with Crippen molar-refractivity contribution in [2.24, 2.45) is 0 Å². The highest BCUT2D eigenvalue weighted by Gasteiger charge is 2.11. The van der Waals surface area contributed by atoms with Gasteiger partial charge in [0, 0.05) is 18.1 Å². The molecule has 0 radical (unpaired) electrons. The number of carbonyl (C=O) groups excluding carboxylic acids is 1. The van der Waals surface area contributed by atoms with Crippen molar-refractivity contribution in [2.75, 3.05) is 13.7 Å². The second-order valence-electron chi connectivity index (χ2n) is 4.84. The lowest BCUT2D eigenvalue weighted by Gasteiger charge is -2.14. The Labute approximate surface area is 139 Å². The van der Waals surface area contributed by atoms with Gasteiger partial charge in [-0.3, -0.25) is 0 Å². The Morgan fingerprint density at radius 1 is 1.39 bits per heavy atom. The fourth-order valence-electron chi connectivity index (χ4n) is 2.04.